The van der Waals surface area contributed by atoms with Crippen molar-refractivity contribution >= 4 is 27.9 Å². The number of esters is 1. The summed E-state index contributed by atoms with van der Waals surface area (Å²) >= 11 is 0. The zero-order valence-corrected chi connectivity index (χ0v) is 21.2. The Morgan fingerprint density at radius 2 is 1.84 bits per heavy atom. The van der Waals surface area contributed by atoms with E-state index in [1.807, 2.05) is 44.3 Å². The Balaban J connectivity index is 1.68. The number of hydrogen-bond acceptors (Lipinski definition) is 6. The van der Waals surface area contributed by atoms with Gasteiger partial charge in [0.05, 0.1) is 41.0 Å². The van der Waals surface area contributed by atoms with E-state index >= 15 is 0 Å². The molecule has 0 radical (unpaired) electrons. The van der Waals surface area contributed by atoms with Gasteiger partial charge in [0, 0.05) is 35.9 Å². The minimum absolute atomic E-state index is 0.0414. The topological polar surface area (TPSA) is 79.4 Å². The molecule has 3 aromatic heterocycles. The predicted molar refractivity (Wildman–Crippen MR) is 142 cm³/mol. The second-order valence-electron chi connectivity index (χ2n) is 9.69. The molecule has 188 valence electrons. The first kappa shape index (κ1) is 23.4. The molecule has 7 heteroatoms. The second-order valence-corrected chi connectivity index (χ2v) is 9.69. The molecule has 6 rings (SSSR count). The largest absolute Gasteiger partial charge is 0.465 e. The normalized spacial score (nSPS) is 15.3. The molecular weight excluding hydrogens is 466 g/mol. The molecule has 7 nitrogen and oxygen atoms in total. The summed E-state index contributed by atoms with van der Waals surface area (Å²) in [6.07, 6.45) is 3.79. The molecule has 37 heavy (non-hydrogen) atoms. The number of aromatic nitrogens is 3. The highest BCUT2D eigenvalue weighted by molar-refractivity contribution is 6.08. The molecule has 4 heterocycles. The summed E-state index contributed by atoms with van der Waals surface area (Å²) in [6.45, 7) is 5.35. The molecule has 0 aliphatic carbocycles. The monoisotopic (exact) mass is 495 g/mol. The van der Waals surface area contributed by atoms with Crippen molar-refractivity contribution in [2.45, 2.75) is 32.7 Å². The maximum atomic E-state index is 12.5. The lowest BCUT2D eigenvalue weighted by molar-refractivity contribution is 0.0553. The van der Waals surface area contributed by atoms with Gasteiger partial charge in [-0.05, 0) is 62.4 Å². The summed E-state index contributed by atoms with van der Waals surface area (Å²) in [4.78, 5) is 17.5. The summed E-state index contributed by atoms with van der Waals surface area (Å²) in [5.41, 5.74) is 7.36. The third-order valence-corrected chi connectivity index (χ3v) is 7.51. The number of hydrogen-bond donors (Lipinski definition) is 0. The predicted octanol–water partition coefficient (Wildman–Crippen LogP) is 6.26. The summed E-state index contributed by atoms with van der Waals surface area (Å²) in [6, 6.07) is 18.5. The molecular formula is C30H29N3O4. The number of nitrogens with zero attached hydrogens (tertiary/aromatic N) is 3. The van der Waals surface area contributed by atoms with Crippen LogP contribution in [-0.4, -0.2) is 41.0 Å². The van der Waals surface area contributed by atoms with Crippen LogP contribution < -0.4 is 0 Å². The van der Waals surface area contributed by atoms with E-state index in [4.69, 9.17) is 19.0 Å². The van der Waals surface area contributed by atoms with Crippen molar-refractivity contribution in [2.75, 3.05) is 20.3 Å². The molecule has 2 aromatic carbocycles. The van der Waals surface area contributed by atoms with Crippen molar-refractivity contribution in [2.24, 2.45) is 5.92 Å². The number of carbonyl (C=O) groups excluding carboxylic acids is 1. The molecule has 1 fully saturated rings. The summed E-state index contributed by atoms with van der Waals surface area (Å²) < 4.78 is 18.6. The van der Waals surface area contributed by atoms with Gasteiger partial charge < -0.3 is 18.6 Å². The Morgan fingerprint density at radius 3 is 2.54 bits per heavy atom. The van der Waals surface area contributed by atoms with E-state index in [0.29, 0.717) is 11.5 Å². The van der Waals surface area contributed by atoms with E-state index in [1.165, 1.54) is 12.7 Å². The Kier molecular flexibility index (Phi) is 6.00. The molecule has 0 bridgehead atoms. The number of rotatable bonds is 5. The number of fused-ring (bicyclic) bond motifs is 3. The molecule has 0 spiro atoms. The summed E-state index contributed by atoms with van der Waals surface area (Å²) in [7, 11) is 1.41. The molecule has 0 saturated carbocycles. The first-order chi connectivity index (χ1) is 18.1. The van der Waals surface area contributed by atoms with E-state index in [2.05, 4.69) is 40.1 Å². The van der Waals surface area contributed by atoms with Crippen LogP contribution in [-0.2, 0) is 9.47 Å². The molecule has 1 aliphatic rings. The van der Waals surface area contributed by atoms with E-state index in [1.54, 1.807) is 0 Å². The van der Waals surface area contributed by atoms with Gasteiger partial charge in [-0.1, -0.05) is 35.5 Å². The van der Waals surface area contributed by atoms with Gasteiger partial charge >= 0.3 is 5.97 Å². The standard InChI is InChI=1S/C30H29N3O4/c1-18-27(19(2)37-32-18)23-16-26-28(31-17-23)24-10-9-22(30(34)35-3)15-25(24)33(26)29(20-7-5-4-6-8-20)21-11-13-36-14-12-21/h4-10,15-17,21,29H,11-14H2,1-3H3/t29-/m0/s1. The average molecular weight is 496 g/mol. The van der Waals surface area contributed by atoms with Gasteiger partial charge in [-0.3, -0.25) is 4.98 Å². The van der Waals surface area contributed by atoms with Crippen LogP contribution in [0.15, 0.2) is 65.3 Å². The minimum Gasteiger partial charge on any atom is -0.465 e. The lowest BCUT2D eigenvalue weighted by Crippen LogP contribution is -2.27. The van der Waals surface area contributed by atoms with Crippen LogP contribution in [0.25, 0.3) is 33.1 Å². The van der Waals surface area contributed by atoms with Gasteiger partial charge in [0.2, 0.25) is 0 Å². The number of methoxy groups -OCH3 is 1. The van der Waals surface area contributed by atoms with Gasteiger partial charge in [0.15, 0.2) is 0 Å². The first-order valence-electron chi connectivity index (χ1n) is 12.6. The van der Waals surface area contributed by atoms with E-state index in [0.717, 1.165) is 70.6 Å². The summed E-state index contributed by atoms with van der Waals surface area (Å²) in [5, 5.41) is 5.16. The minimum atomic E-state index is -0.356. The van der Waals surface area contributed by atoms with Crippen molar-refractivity contribution in [1.29, 1.82) is 0 Å². The van der Waals surface area contributed by atoms with Crippen LogP contribution in [0.1, 0.15) is 46.3 Å². The van der Waals surface area contributed by atoms with Crippen molar-refractivity contribution < 1.29 is 18.8 Å². The number of ether oxygens (including phenoxy) is 2. The Hall–Kier alpha value is -3.97. The Bertz CT molecular complexity index is 1580. The molecule has 1 saturated heterocycles. The first-order valence-corrected chi connectivity index (χ1v) is 12.6. The molecule has 1 aliphatic heterocycles. The van der Waals surface area contributed by atoms with E-state index in [9.17, 15) is 4.79 Å². The van der Waals surface area contributed by atoms with E-state index < -0.39 is 0 Å². The fraction of sp³-hybridized carbons (Fsp3) is 0.300. The maximum absolute atomic E-state index is 12.5. The van der Waals surface area contributed by atoms with Gasteiger partial charge in [-0.2, -0.15) is 0 Å². The highest BCUT2D eigenvalue weighted by Crippen LogP contribution is 2.41. The summed E-state index contributed by atoms with van der Waals surface area (Å²) in [5.74, 6) is 0.767. The van der Waals surface area contributed by atoms with Gasteiger partial charge in [-0.25, -0.2) is 4.79 Å². The fourth-order valence-corrected chi connectivity index (χ4v) is 5.80. The number of carbonyl (C=O) groups is 1. The van der Waals surface area contributed by atoms with Crippen LogP contribution in [0.5, 0.6) is 0 Å². The zero-order valence-electron chi connectivity index (χ0n) is 21.2. The third kappa shape index (κ3) is 4.00. The highest BCUT2D eigenvalue weighted by atomic mass is 16.5. The SMILES string of the molecule is COC(=O)c1ccc2c3ncc(-c4c(C)noc4C)cc3n([C@@H](c3ccccc3)C3CCOCC3)c2c1. The van der Waals surface area contributed by atoms with Crippen LogP contribution >= 0.6 is 0 Å². The van der Waals surface area contributed by atoms with E-state index in [-0.39, 0.29) is 12.0 Å². The van der Waals surface area contributed by atoms with Crippen LogP contribution in [0.3, 0.4) is 0 Å². The van der Waals surface area contributed by atoms with Gasteiger partial charge in [0.1, 0.15) is 5.76 Å². The lowest BCUT2D eigenvalue weighted by atomic mass is 9.86. The number of pyridine rings is 1. The quantitative estimate of drug-likeness (QED) is 0.268. The van der Waals surface area contributed by atoms with Gasteiger partial charge in [0.25, 0.3) is 0 Å². The van der Waals surface area contributed by atoms with Crippen molar-refractivity contribution in [1.82, 2.24) is 14.7 Å². The van der Waals surface area contributed by atoms with Crippen molar-refractivity contribution in [3.05, 3.63) is 83.4 Å². The molecule has 0 unspecified atom stereocenters. The van der Waals surface area contributed by atoms with Crippen LogP contribution in [0.2, 0.25) is 0 Å². The fourth-order valence-electron chi connectivity index (χ4n) is 5.80. The van der Waals surface area contributed by atoms with Crippen LogP contribution in [0.4, 0.5) is 0 Å². The smallest absolute Gasteiger partial charge is 0.337 e. The molecule has 5 aromatic rings. The molecule has 0 N–H and O–H groups in total. The van der Waals surface area contributed by atoms with Gasteiger partial charge in [-0.15, -0.1) is 0 Å². The number of benzene rings is 2. The maximum Gasteiger partial charge on any atom is 0.337 e. The average Bonchev–Trinajstić information content (AvgIpc) is 3.45. The number of aryl methyl sites for hydroxylation is 2. The Morgan fingerprint density at radius 1 is 1.05 bits per heavy atom. The van der Waals surface area contributed by atoms with Crippen molar-refractivity contribution in [3.63, 3.8) is 0 Å². The molecule has 0 amide bonds. The zero-order chi connectivity index (χ0) is 25.5. The lowest BCUT2D eigenvalue weighted by Gasteiger charge is -2.33. The Labute approximate surface area is 215 Å². The van der Waals surface area contributed by atoms with Crippen LogP contribution in [0, 0.1) is 19.8 Å². The second kappa shape index (κ2) is 9.48. The third-order valence-electron chi connectivity index (χ3n) is 7.51. The highest BCUT2D eigenvalue weighted by Gasteiger charge is 2.30. The van der Waals surface area contributed by atoms with Crippen molar-refractivity contribution in [3.8, 4) is 11.1 Å². The molecule has 1 atom stereocenters.